The van der Waals surface area contributed by atoms with Crippen LogP contribution in [0, 0.1) is 0 Å². The predicted molar refractivity (Wildman–Crippen MR) is 60.9 cm³/mol. The third-order valence-electron chi connectivity index (χ3n) is 1.88. The Hall–Kier alpha value is -0.380. The molecule has 0 aliphatic heterocycles. The molecule has 0 spiro atoms. The first-order chi connectivity index (χ1) is 6.58. The summed E-state index contributed by atoms with van der Waals surface area (Å²) in [6, 6.07) is 3.82. The van der Waals surface area contributed by atoms with E-state index in [1.54, 1.807) is 0 Å². The lowest BCUT2D eigenvalue weighted by atomic mass is 10.1. The Morgan fingerprint density at radius 1 is 1.64 bits per heavy atom. The maximum atomic E-state index is 11.4. The van der Waals surface area contributed by atoms with Gasteiger partial charge in [0.2, 0.25) is 0 Å². The van der Waals surface area contributed by atoms with Crippen LogP contribution in [0.3, 0.4) is 0 Å². The summed E-state index contributed by atoms with van der Waals surface area (Å²) in [5, 5.41) is 0. The van der Waals surface area contributed by atoms with E-state index in [0.717, 1.165) is 15.6 Å². The van der Waals surface area contributed by atoms with E-state index in [4.69, 9.17) is 17.3 Å². The van der Waals surface area contributed by atoms with Crippen LogP contribution in [0.15, 0.2) is 12.1 Å². The number of carbonyl (C=O) groups excluding carboxylic acids is 1. The van der Waals surface area contributed by atoms with Crippen molar-refractivity contribution in [2.24, 2.45) is 5.73 Å². The number of halogens is 1. The van der Waals surface area contributed by atoms with E-state index in [0.29, 0.717) is 12.8 Å². The molecule has 1 rings (SSSR count). The molecule has 0 aromatic carbocycles. The Labute approximate surface area is 93.1 Å². The third-order valence-corrected chi connectivity index (χ3v) is 3.11. The van der Waals surface area contributed by atoms with Gasteiger partial charge in [-0.05, 0) is 25.5 Å². The lowest BCUT2D eigenvalue weighted by Gasteiger charge is -2.02. The number of rotatable bonds is 5. The van der Waals surface area contributed by atoms with Gasteiger partial charge in [-0.3, -0.25) is 4.79 Å². The van der Waals surface area contributed by atoms with E-state index in [1.807, 2.05) is 19.1 Å². The Bertz CT molecular complexity index is 309. The summed E-state index contributed by atoms with van der Waals surface area (Å²) in [6.07, 6.45) is 1.81. The Kier molecular flexibility index (Phi) is 4.58. The molecular formula is C10H14ClNOS. The van der Waals surface area contributed by atoms with Gasteiger partial charge >= 0.3 is 0 Å². The molecule has 4 heteroatoms. The highest BCUT2D eigenvalue weighted by Gasteiger charge is 2.06. The standard InChI is InChI=1S/C10H14ClNOS/c1-7(12)2-3-8(13)6-9-4-5-10(11)14-9/h4-5,7H,2-3,6,12H2,1H3. The molecule has 0 fully saturated rings. The first-order valence-electron chi connectivity index (χ1n) is 4.59. The minimum absolute atomic E-state index is 0.103. The van der Waals surface area contributed by atoms with E-state index in [2.05, 4.69) is 0 Å². The van der Waals surface area contributed by atoms with E-state index >= 15 is 0 Å². The number of nitrogens with two attached hydrogens (primary N) is 1. The molecule has 0 amide bonds. The summed E-state index contributed by atoms with van der Waals surface area (Å²) < 4.78 is 0.736. The van der Waals surface area contributed by atoms with Crippen LogP contribution in [0.1, 0.15) is 24.6 Å². The van der Waals surface area contributed by atoms with Crippen LogP contribution in [-0.2, 0) is 11.2 Å². The average molecular weight is 232 g/mol. The first-order valence-corrected chi connectivity index (χ1v) is 5.79. The zero-order valence-electron chi connectivity index (χ0n) is 8.13. The highest BCUT2D eigenvalue weighted by Crippen LogP contribution is 2.22. The molecule has 0 aliphatic rings. The van der Waals surface area contributed by atoms with E-state index in [9.17, 15) is 4.79 Å². The number of carbonyl (C=O) groups is 1. The third kappa shape index (κ3) is 4.22. The lowest BCUT2D eigenvalue weighted by Crippen LogP contribution is -2.16. The van der Waals surface area contributed by atoms with Gasteiger partial charge in [-0.2, -0.15) is 0 Å². The summed E-state index contributed by atoms with van der Waals surface area (Å²) >= 11 is 7.22. The van der Waals surface area contributed by atoms with Crippen LogP contribution in [0.2, 0.25) is 4.34 Å². The van der Waals surface area contributed by atoms with Gasteiger partial charge in [0, 0.05) is 23.8 Å². The molecule has 0 saturated carbocycles. The zero-order valence-corrected chi connectivity index (χ0v) is 9.70. The molecule has 1 aromatic rings. The van der Waals surface area contributed by atoms with Gasteiger partial charge in [-0.1, -0.05) is 11.6 Å². The second-order valence-electron chi connectivity index (χ2n) is 3.44. The average Bonchev–Trinajstić information content (AvgIpc) is 2.48. The van der Waals surface area contributed by atoms with Crippen molar-refractivity contribution >= 4 is 28.7 Å². The van der Waals surface area contributed by atoms with Crippen LogP contribution in [0.25, 0.3) is 0 Å². The molecule has 1 heterocycles. The molecule has 0 saturated heterocycles. The van der Waals surface area contributed by atoms with Crippen LogP contribution in [0.4, 0.5) is 0 Å². The molecule has 2 nitrogen and oxygen atoms in total. The predicted octanol–water partition coefficient (Wildman–Crippen LogP) is 2.64. The number of Topliss-reactive ketones (excluding diaryl/α,β-unsaturated/α-hetero) is 1. The van der Waals surface area contributed by atoms with E-state index in [1.165, 1.54) is 11.3 Å². The SMILES string of the molecule is CC(N)CCC(=O)Cc1ccc(Cl)s1. The Morgan fingerprint density at radius 3 is 2.86 bits per heavy atom. The van der Waals surface area contributed by atoms with Crippen molar-refractivity contribution in [3.8, 4) is 0 Å². The second-order valence-corrected chi connectivity index (χ2v) is 5.24. The van der Waals surface area contributed by atoms with Gasteiger partial charge in [-0.15, -0.1) is 11.3 Å². The number of hydrogen-bond donors (Lipinski definition) is 1. The molecular weight excluding hydrogens is 218 g/mol. The minimum Gasteiger partial charge on any atom is -0.328 e. The molecule has 0 aliphatic carbocycles. The van der Waals surface area contributed by atoms with Gasteiger partial charge in [-0.25, -0.2) is 0 Å². The van der Waals surface area contributed by atoms with Crippen molar-refractivity contribution in [3.05, 3.63) is 21.3 Å². The summed E-state index contributed by atoms with van der Waals surface area (Å²) in [4.78, 5) is 12.5. The van der Waals surface area contributed by atoms with E-state index in [-0.39, 0.29) is 11.8 Å². The van der Waals surface area contributed by atoms with Gasteiger partial charge < -0.3 is 5.73 Å². The van der Waals surface area contributed by atoms with Crippen LogP contribution >= 0.6 is 22.9 Å². The van der Waals surface area contributed by atoms with Crippen LogP contribution < -0.4 is 5.73 Å². The fourth-order valence-electron chi connectivity index (χ4n) is 1.12. The largest absolute Gasteiger partial charge is 0.328 e. The van der Waals surface area contributed by atoms with Gasteiger partial charge in [0.1, 0.15) is 5.78 Å². The molecule has 1 aromatic heterocycles. The quantitative estimate of drug-likeness (QED) is 0.847. The fourth-order valence-corrected chi connectivity index (χ4v) is 2.23. The lowest BCUT2D eigenvalue weighted by molar-refractivity contribution is -0.118. The maximum absolute atomic E-state index is 11.4. The first kappa shape index (κ1) is 11.7. The second kappa shape index (κ2) is 5.49. The molecule has 78 valence electrons. The molecule has 0 radical (unpaired) electrons. The number of thiophene rings is 1. The highest BCUT2D eigenvalue weighted by atomic mass is 35.5. The van der Waals surface area contributed by atoms with Gasteiger partial charge in [0.25, 0.3) is 0 Å². The maximum Gasteiger partial charge on any atom is 0.138 e. The van der Waals surface area contributed by atoms with Crippen molar-refractivity contribution in [1.29, 1.82) is 0 Å². The molecule has 2 N–H and O–H groups in total. The molecule has 1 unspecified atom stereocenters. The monoisotopic (exact) mass is 231 g/mol. The Morgan fingerprint density at radius 2 is 2.36 bits per heavy atom. The highest BCUT2D eigenvalue weighted by molar-refractivity contribution is 7.16. The molecule has 0 bridgehead atoms. The topological polar surface area (TPSA) is 43.1 Å². The normalized spacial score (nSPS) is 12.8. The Balaban J connectivity index is 2.34. The van der Waals surface area contributed by atoms with Crippen molar-refractivity contribution in [2.75, 3.05) is 0 Å². The van der Waals surface area contributed by atoms with Crippen molar-refractivity contribution in [3.63, 3.8) is 0 Å². The zero-order chi connectivity index (χ0) is 10.6. The summed E-state index contributed by atoms with van der Waals surface area (Å²) in [7, 11) is 0. The van der Waals surface area contributed by atoms with Crippen LogP contribution in [-0.4, -0.2) is 11.8 Å². The van der Waals surface area contributed by atoms with Crippen molar-refractivity contribution in [1.82, 2.24) is 0 Å². The van der Waals surface area contributed by atoms with Crippen LogP contribution in [0.5, 0.6) is 0 Å². The van der Waals surface area contributed by atoms with E-state index < -0.39 is 0 Å². The summed E-state index contributed by atoms with van der Waals surface area (Å²) in [5.74, 6) is 0.237. The minimum atomic E-state index is 0.103. The van der Waals surface area contributed by atoms with Crippen molar-refractivity contribution < 1.29 is 4.79 Å². The van der Waals surface area contributed by atoms with Gasteiger partial charge in [0.15, 0.2) is 0 Å². The summed E-state index contributed by atoms with van der Waals surface area (Å²) in [6.45, 7) is 1.91. The fraction of sp³-hybridized carbons (Fsp3) is 0.500. The van der Waals surface area contributed by atoms with Gasteiger partial charge in [0.05, 0.1) is 4.34 Å². The number of hydrogen-bond acceptors (Lipinski definition) is 3. The number of ketones is 1. The summed E-state index contributed by atoms with van der Waals surface area (Å²) in [5.41, 5.74) is 5.57. The van der Waals surface area contributed by atoms with Crippen molar-refractivity contribution in [2.45, 2.75) is 32.2 Å². The molecule has 14 heavy (non-hydrogen) atoms. The molecule has 1 atom stereocenters. The smallest absolute Gasteiger partial charge is 0.138 e.